The first-order valence-corrected chi connectivity index (χ1v) is 7.11. The van der Waals surface area contributed by atoms with Gasteiger partial charge in [-0.2, -0.15) is 0 Å². The summed E-state index contributed by atoms with van der Waals surface area (Å²) in [6.07, 6.45) is 5.18. The first-order chi connectivity index (χ1) is 7.65. The standard InChI is InChI=1S/C11H15BrCl2N2/c1-16(6-4-2-3-5-12)11-10(14)7-9(13)8-15-11/h7-8H,2-6H2,1H3. The van der Waals surface area contributed by atoms with Crippen LogP contribution in [0.2, 0.25) is 10.0 Å². The normalized spacial score (nSPS) is 10.5. The molecule has 0 aliphatic heterocycles. The Balaban J connectivity index is 2.49. The summed E-state index contributed by atoms with van der Waals surface area (Å²) in [6.45, 7) is 0.960. The fraction of sp³-hybridized carbons (Fsp3) is 0.545. The first kappa shape index (κ1) is 14.1. The molecule has 0 spiro atoms. The molecule has 0 aliphatic rings. The molecule has 0 N–H and O–H groups in total. The molecule has 90 valence electrons. The average Bonchev–Trinajstić information content (AvgIpc) is 2.24. The summed E-state index contributed by atoms with van der Waals surface area (Å²) in [4.78, 5) is 6.29. The molecular weight excluding hydrogens is 311 g/mol. The molecule has 1 heterocycles. The fourth-order valence-corrected chi connectivity index (χ4v) is 2.34. The smallest absolute Gasteiger partial charge is 0.147 e. The highest BCUT2D eigenvalue weighted by Gasteiger charge is 2.07. The Hall–Kier alpha value is 0.01000. The van der Waals surface area contributed by atoms with Crippen molar-refractivity contribution in [1.82, 2.24) is 4.98 Å². The molecule has 16 heavy (non-hydrogen) atoms. The SMILES string of the molecule is CN(CCCCCBr)c1ncc(Cl)cc1Cl. The van der Waals surface area contributed by atoms with E-state index in [9.17, 15) is 0 Å². The largest absolute Gasteiger partial charge is 0.358 e. The highest BCUT2D eigenvalue weighted by molar-refractivity contribution is 9.09. The number of alkyl halides is 1. The maximum Gasteiger partial charge on any atom is 0.147 e. The van der Waals surface area contributed by atoms with E-state index >= 15 is 0 Å². The van der Waals surface area contributed by atoms with Crippen LogP contribution in [-0.4, -0.2) is 23.9 Å². The zero-order valence-corrected chi connectivity index (χ0v) is 12.3. The Labute approximate surface area is 115 Å². The maximum absolute atomic E-state index is 6.07. The van der Waals surface area contributed by atoms with Gasteiger partial charge in [0.25, 0.3) is 0 Å². The topological polar surface area (TPSA) is 16.1 Å². The average molecular weight is 326 g/mol. The van der Waals surface area contributed by atoms with Crippen molar-refractivity contribution in [2.45, 2.75) is 19.3 Å². The zero-order valence-electron chi connectivity index (χ0n) is 9.22. The molecular formula is C11H15BrCl2N2. The maximum atomic E-state index is 6.07. The van der Waals surface area contributed by atoms with E-state index in [-0.39, 0.29) is 0 Å². The third-order valence-electron chi connectivity index (χ3n) is 2.28. The minimum atomic E-state index is 0.571. The Morgan fingerprint density at radius 1 is 1.31 bits per heavy atom. The summed E-state index contributed by atoms with van der Waals surface area (Å²) >= 11 is 15.3. The monoisotopic (exact) mass is 324 g/mol. The van der Waals surface area contributed by atoms with E-state index in [1.54, 1.807) is 12.3 Å². The van der Waals surface area contributed by atoms with Crippen LogP contribution in [0.4, 0.5) is 5.82 Å². The van der Waals surface area contributed by atoms with Gasteiger partial charge in [-0.25, -0.2) is 4.98 Å². The molecule has 0 fully saturated rings. The molecule has 0 unspecified atom stereocenters. The summed E-state index contributed by atoms with van der Waals surface area (Å²) in [5, 5.41) is 2.24. The Kier molecular flexibility index (Phi) is 6.47. The molecule has 1 aromatic rings. The Morgan fingerprint density at radius 2 is 2.06 bits per heavy atom. The van der Waals surface area contributed by atoms with Gasteiger partial charge in [0.2, 0.25) is 0 Å². The Bertz CT molecular complexity index is 334. The molecule has 0 amide bonds. The first-order valence-electron chi connectivity index (χ1n) is 5.23. The van der Waals surface area contributed by atoms with E-state index in [2.05, 4.69) is 25.8 Å². The van der Waals surface area contributed by atoms with Gasteiger partial charge in [0.1, 0.15) is 5.82 Å². The van der Waals surface area contributed by atoms with Crippen LogP contribution in [0.15, 0.2) is 12.3 Å². The van der Waals surface area contributed by atoms with E-state index in [0.717, 1.165) is 24.1 Å². The van der Waals surface area contributed by atoms with Crippen LogP contribution in [0.25, 0.3) is 0 Å². The van der Waals surface area contributed by atoms with E-state index in [4.69, 9.17) is 23.2 Å². The summed E-state index contributed by atoms with van der Waals surface area (Å²) in [5.41, 5.74) is 0. The van der Waals surface area contributed by atoms with E-state index < -0.39 is 0 Å². The lowest BCUT2D eigenvalue weighted by molar-refractivity contribution is 0.707. The molecule has 0 radical (unpaired) electrons. The van der Waals surface area contributed by atoms with Gasteiger partial charge >= 0.3 is 0 Å². The van der Waals surface area contributed by atoms with E-state index in [0.29, 0.717) is 10.0 Å². The van der Waals surface area contributed by atoms with Crippen LogP contribution in [0.5, 0.6) is 0 Å². The molecule has 2 nitrogen and oxygen atoms in total. The highest BCUT2D eigenvalue weighted by atomic mass is 79.9. The van der Waals surface area contributed by atoms with E-state index in [1.165, 1.54) is 12.8 Å². The summed E-state index contributed by atoms with van der Waals surface area (Å²) in [7, 11) is 2.00. The van der Waals surface area contributed by atoms with E-state index in [1.807, 2.05) is 7.05 Å². The summed E-state index contributed by atoms with van der Waals surface area (Å²) in [6, 6.07) is 1.72. The number of pyridine rings is 1. The quantitative estimate of drug-likeness (QED) is 0.569. The Morgan fingerprint density at radius 3 is 2.69 bits per heavy atom. The second-order valence-corrected chi connectivity index (χ2v) is 5.27. The lowest BCUT2D eigenvalue weighted by atomic mass is 10.2. The van der Waals surface area contributed by atoms with Gasteiger partial charge < -0.3 is 4.90 Å². The summed E-state index contributed by atoms with van der Waals surface area (Å²) < 4.78 is 0. The molecule has 1 rings (SSSR count). The van der Waals surface area contributed by atoms with Gasteiger partial charge in [0, 0.05) is 25.1 Å². The molecule has 0 saturated heterocycles. The van der Waals surface area contributed by atoms with Crippen molar-refractivity contribution in [1.29, 1.82) is 0 Å². The lowest BCUT2D eigenvalue weighted by Gasteiger charge is -2.19. The van der Waals surface area contributed by atoms with Crippen LogP contribution in [0.3, 0.4) is 0 Å². The predicted octanol–water partition coefficient (Wildman–Crippen LogP) is 4.39. The van der Waals surface area contributed by atoms with Crippen LogP contribution >= 0.6 is 39.1 Å². The van der Waals surface area contributed by atoms with Crippen molar-refractivity contribution in [2.75, 3.05) is 23.8 Å². The van der Waals surface area contributed by atoms with Crippen LogP contribution in [0, 0.1) is 0 Å². The minimum Gasteiger partial charge on any atom is -0.358 e. The third kappa shape index (κ3) is 4.48. The number of hydrogen-bond acceptors (Lipinski definition) is 2. The fourth-order valence-electron chi connectivity index (χ4n) is 1.41. The van der Waals surface area contributed by atoms with Gasteiger partial charge in [-0.1, -0.05) is 45.6 Å². The number of halogens is 3. The van der Waals surface area contributed by atoms with Crippen molar-refractivity contribution >= 4 is 44.9 Å². The molecule has 5 heteroatoms. The highest BCUT2D eigenvalue weighted by Crippen LogP contribution is 2.25. The number of unbranched alkanes of at least 4 members (excludes halogenated alkanes) is 2. The summed E-state index contributed by atoms with van der Waals surface area (Å²) in [5.74, 6) is 0.796. The molecule has 1 aromatic heterocycles. The number of anilines is 1. The predicted molar refractivity (Wildman–Crippen MR) is 75.2 cm³/mol. The van der Waals surface area contributed by atoms with Gasteiger partial charge in [-0.15, -0.1) is 0 Å². The second kappa shape index (κ2) is 7.36. The van der Waals surface area contributed by atoms with Crippen LogP contribution < -0.4 is 4.90 Å². The molecule has 0 bridgehead atoms. The number of aromatic nitrogens is 1. The van der Waals surface area contributed by atoms with Gasteiger partial charge in [0.05, 0.1) is 10.0 Å². The third-order valence-corrected chi connectivity index (χ3v) is 3.32. The van der Waals surface area contributed by atoms with Crippen molar-refractivity contribution in [2.24, 2.45) is 0 Å². The number of nitrogens with zero attached hydrogens (tertiary/aromatic N) is 2. The molecule has 0 atom stereocenters. The molecule has 0 saturated carbocycles. The van der Waals surface area contributed by atoms with Gasteiger partial charge in [-0.3, -0.25) is 0 Å². The van der Waals surface area contributed by atoms with Crippen molar-refractivity contribution < 1.29 is 0 Å². The van der Waals surface area contributed by atoms with Crippen LogP contribution in [0.1, 0.15) is 19.3 Å². The zero-order chi connectivity index (χ0) is 12.0. The lowest BCUT2D eigenvalue weighted by Crippen LogP contribution is -2.20. The van der Waals surface area contributed by atoms with Crippen molar-refractivity contribution in [3.8, 4) is 0 Å². The number of rotatable bonds is 6. The van der Waals surface area contributed by atoms with Gasteiger partial charge in [0.15, 0.2) is 0 Å². The van der Waals surface area contributed by atoms with Crippen LogP contribution in [-0.2, 0) is 0 Å². The van der Waals surface area contributed by atoms with Gasteiger partial charge in [-0.05, 0) is 18.9 Å². The number of hydrogen-bond donors (Lipinski definition) is 0. The molecule has 0 aromatic carbocycles. The van der Waals surface area contributed by atoms with Crippen molar-refractivity contribution in [3.05, 3.63) is 22.3 Å². The minimum absolute atomic E-state index is 0.571. The second-order valence-electron chi connectivity index (χ2n) is 3.63. The van der Waals surface area contributed by atoms with Crippen molar-refractivity contribution in [3.63, 3.8) is 0 Å². The molecule has 0 aliphatic carbocycles.